The lowest BCUT2D eigenvalue weighted by Gasteiger charge is -2.33. The van der Waals surface area contributed by atoms with Gasteiger partial charge in [-0.15, -0.1) is 6.58 Å². The van der Waals surface area contributed by atoms with E-state index in [-0.39, 0.29) is 11.5 Å². The number of hydrogen-bond acceptors (Lipinski definition) is 2. The minimum absolute atomic E-state index is 0.109. The Bertz CT molecular complexity index is 404. The van der Waals surface area contributed by atoms with Crippen LogP contribution in [0.3, 0.4) is 0 Å². The smallest absolute Gasteiger partial charge is 0.171 e. The van der Waals surface area contributed by atoms with Crippen LogP contribution in [0.2, 0.25) is 13.1 Å². The molecule has 0 bridgehead atoms. The van der Waals surface area contributed by atoms with E-state index in [1.807, 2.05) is 0 Å². The quantitative estimate of drug-likeness (QED) is 0.419. The molecule has 1 atom stereocenters. The van der Waals surface area contributed by atoms with E-state index in [2.05, 4.69) is 64.7 Å². The van der Waals surface area contributed by atoms with Crippen molar-refractivity contribution in [3.05, 3.63) is 48.0 Å². The molecule has 0 saturated heterocycles. The summed E-state index contributed by atoms with van der Waals surface area (Å²) < 4.78 is 11.7. The summed E-state index contributed by atoms with van der Waals surface area (Å²) in [5.41, 5.74) is 2.55. The summed E-state index contributed by atoms with van der Waals surface area (Å²) in [6.45, 7) is 16.0. The summed E-state index contributed by atoms with van der Waals surface area (Å²) >= 11 is 0. The molecule has 0 amide bonds. The van der Waals surface area contributed by atoms with Crippen LogP contribution in [0.25, 0.3) is 0 Å². The van der Waals surface area contributed by atoms with Crippen LogP contribution < -0.4 is 0 Å². The van der Waals surface area contributed by atoms with E-state index in [9.17, 15) is 0 Å². The number of ether oxygens (including phenoxy) is 1. The fourth-order valence-corrected chi connectivity index (χ4v) is 3.21. The second-order valence-corrected chi connectivity index (χ2v) is 8.85. The van der Waals surface area contributed by atoms with E-state index >= 15 is 0 Å². The molecule has 0 aromatic heterocycles. The molecule has 0 aliphatic rings. The highest BCUT2D eigenvalue weighted by molar-refractivity contribution is 6.48. The Hall–Kier alpha value is -0.903. The van der Waals surface area contributed by atoms with Crippen LogP contribution in [0, 0.1) is 5.41 Å². The van der Waals surface area contributed by atoms with Gasteiger partial charge < -0.3 is 9.16 Å². The standard InChI is InChI=1S/C17H28O2Si/c1-7-12-18-13-14-8-10-15(11-9-14)16(17(2,3)4)19-20(5)6/h7-11,16,20H,1,12-13H2,2-6H3. The molecule has 3 heteroatoms. The first-order chi connectivity index (χ1) is 9.34. The molecule has 0 N–H and O–H groups in total. The van der Waals surface area contributed by atoms with Gasteiger partial charge in [-0.3, -0.25) is 0 Å². The van der Waals surface area contributed by atoms with Crippen LogP contribution >= 0.6 is 0 Å². The van der Waals surface area contributed by atoms with Crippen LogP contribution in [0.4, 0.5) is 0 Å². The van der Waals surface area contributed by atoms with Gasteiger partial charge in [-0.2, -0.15) is 0 Å². The SMILES string of the molecule is C=CCOCc1ccc(C(O[SiH](C)C)C(C)(C)C)cc1. The Balaban J connectivity index is 2.79. The molecule has 20 heavy (non-hydrogen) atoms. The van der Waals surface area contributed by atoms with Crippen molar-refractivity contribution in [1.82, 2.24) is 0 Å². The largest absolute Gasteiger partial charge is 0.413 e. The minimum Gasteiger partial charge on any atom is -0.413 e. The summed E-state index contributed by atoms with van der Waals surface area (Å²) in [5.74, 6) is 0. The summed E-state index contributed by atoms with van der Waals surface area (Å²) in [6, 6.07) is 8.59. The Kier molecular flexibility index (Phi) is 6.66. The average Bonchev–Trinajstić information content (AvgIpc) is 2.36. The summed E-state index contributed by atoms with van der Waals surface area (Å²) in [6.07, 6.45) is 1.93. The predicted molar refractivity (Wildman–Crippen MR) is 88.5 cm³/mol. The molecule has 2 nitrogen and oxygen atoms in total. The highest BCUT2D eigenvalue weighted by atomic mass is 28.3. The molecule has 0 radical (unpaired) electrons. The first-order valence-electron chi connectivity index (χ1n) is 7.27. The Morgan fingerprint density at radius 2 is 1.80 bits per heavy atom. The molecule has 0 saturated carbocycles. The predicted octanol–water partition coefficient (Wildman–Crippen LogP) is 4.48. The average molecular weight is 292 g/mol. The van der Waals surface area contributed by atoms with Crippen molar-refractivity contribution in [3.8, 4) is 0 Å². The fourth-order valence-electron chi connectivity index (χ4n) is 2.10. The van der Waals surface area contributed by atoms with Crippen molar-refractivity contribution in [3.63, 3.8) is 0 Å². The monoisotopic (exact) mass is 292 g/mol. The number of benzene rings is 1. The van der Waals surface area contributed by atoms with Gasteiger partial charge in [0, 0.05) is 0 Å². The molecule has 1 aromatic carbocycles. The number of hydrogen-bond donors (Lipinski definition) is 0. The van der Waals surface area contributed by atoms with Gasteiger partial charge in [-0.1, -0.05) is 51.1 Å². The number of rotatable bonds is 7. The maximum absolute atomic E-state index is 6.23. The summed E-state index contributed by atoms with van der Waals surface area (Å²) in [7, 11) is -1.07. The minimum atomic E-state index is -1.07. The van der Waals surface area contributed by atoms with E-state index in [1.165, 1.54) is 11.1 Å². The van der Waals surface area contributed by atoms with Crippen LogP contribution in [0.15, 0.2) is 36.9 Å². The van der Waals surface area contributed by atoms with Gasteiger partial charge in [-0.25, -0.2) is 0 Å². The van der Waals surface area contributed by atoms with Crippen LogP contribution in [0.1, 0.15) is 38.0 Å². The van der Waals surface area contributed by atoms with Gasteiger partial charge in [0.05, 0.1) is 19.3 Å². The molecule has 0 heterocycles. The van der Waals surface area contributed by atoms with Gasteiger partial charge in [-0.05, 0) is 29.6 Å². The van der Waals surface area contributed by atoms with Crippen molar-refractivity contribution < 1.29 is 9.16 Å². The molecule has 112 valence electrons. The van der Waals surface area contributed by atoms with E-state index in [4.69, 9.17) is 9.16 Å². The molecular formula is C17H28O2Si. The molecular weight excluding hydrogens is 264 g/mol. The first kappa shape index (κ1) is 17.1. The van der Waals surface area contributed by atoms with Gasteiger partial charge >= 0.3 is 0 Å². The normalized spacial score (nSPS) is 13.5. The van der Waals surface area contributed by atoms with Crippen LogP contribution in [0.5, 0.6) is 0 Å². The van der Waals surface area contributed by atoms with E-state index in [0.29, 0.717) is 13.2 Å². The molecule has 1 rings (SSSR count). The second-order valence-electron chi connectivity index (χ2n) is 6.48. The molecule has 1 aromatic rings. The van der Waals surface area contributed by atoms with Crippen molar-refractivity contribution >= 4 is 9.04 Å². The van der Waals surface area contributed by atoms with Crippen LogP contribution in [-0.2, 0) is 15.8 Å². The third kappa shape index (κ3) is 5.61. The first-order valence-corrected chi connectivity index (χ1v) is 10.1. The zero-order chi connectivity index (χ0) is 15.2. The lowest BCUT2D eigenvalue weighted by atomic mass is 9.84. The van der Waals surface area contributed by atoms with Gasteiger partial charge in [0.25, 0.3) is 0 Å². The third-order valence-corrected chi connectivity index (χ3v) is 3.80. The molecule has 0 aliphatic carbocycles. The lowest BCUT2D eigenvalue weighted by molar-refractivity contribution is 0.0865. The topological polar surface area (TPSA) is 18.5 Å². The van der Waals surface area contributed by atoms with Crippen molar-refractivity contribution in [2.75, 3.05) is 6.61 Å². The maximum atomic E-state index is 6.23. The maximum Gasteiger partial charge on any atom is 0.171 e. The zero-order valence-electron chi connectivity index (χ0n) is 13.5. The van der Waals surface area contributed by atoms with Crippen molar-refractivity contribution in [1.29, 1.82) is 0 Å². The molecule has 0 aliphatic heterocycles. The van der Waals surface area contributed by atoms with Gasteiger partial charge in [0.15, 0.2) is 9.04 Å². The molecule has 0 fully saturated rings. The Morgan fingerprint density at radius 1 is 1.20 bits per heavy atom. The summed E-state index contributed by atoms with van der Waals surface area (Å²) in [5, 5.41) is 0. The lowest BCUT2D eigenvalue weighted by Crippen LogP contribution is -2.25. The summed E-state index contributed by atoms with van der Waals surface area (Å²) in [4.78, 5) is 0. The zero-order valence-corrected chi connectivity index (χ0v) is 14.6. The van der Waals surface area contributed by atoms with Gasteiger partial charge in [0.1, 0.15) is 0 Å². The van der Waals surface area contributed by atoms with Crippen LogP contribution in [-0.4, -0.2) is 15.6 Å². The van der Waals surface area contributed by atoms with E-state index in [1.54, 1.807) is 6.08 Å². The fraction of sp³-hybridized carbons (Fsp3) is 0.529. The van der Waals surface area contributed by atoms with Crippen molar-refractivity contribution in [2.24, 2.45) is 5.41 Å². The Morgan fingerprint density at radius 3 is 2.25 bits per heavy atom. The van der Waals surface area contributed by atoms with E-state index in [0.717, 1.165) is 0 Å². The highest BCUT2D eigenvalue weighted by Gasteiger charge is 2.27. The second kappa shape index (κ2) is 7.77. The third-order valence-electron chi connectivity index (χ3n) is 2.98. The van der Waals surface area contributed by atoms with Gasteiger partial charge in [0.2, 0.25) is 0 Å². The molecule has 1 unspecified atom stereocenters. The molecule has 0 spiro atoms. The van der Waals surface area contributed by atoms with Crippen molar-refractivity contribution in [2.45, 2.75) is 46.6 Å². The highest BCUT2D eigenvalue weighted by Crippen LogP contribution is 2.36. The Labute approximate surface area is 125 Å². The van der Waals surface area contributed by atoms with E-state index < -0.39 is 9.04 Å².